The van der Waals surface area contributed by atoms with Gasteiger partial charge in [-0.15, -0.1) is 10.2 Å². The Morgan fingerprint density at radius 1 is 1.27 bits per heavy atom. The van der Waals surface area contributed by atoms with Gasteiger partial charge in [0.1, 0.15) is 27.7 Å². The highest BCUT2D eigenvalue weighted by molar-refractivity contribution is 6.32. The van der Waals surface area contributed by atoms with Crippen LogP contribution in [0.3, 0.4) is 0 Å². The first-order valence-electron chi connectivity index (χ1n) is 9.25. The molecule has 0 aliphatic carbocycles. The molecule has 0 aromatic carbocycles. The number of methoxy groups -OCH3 is 2. The quantitative estimate of drug-likeness (QED) is 0.480. The molecule has 4 aromatic heterocycles. The van der Waals surface area contributed by atoms with Crippen LogP contribution in [0.1, 0.15) is 11.9 Å². The van der Waals surface area contributed by atoms with Gasteiger partial charge in [-0.2, -0.15) is 0 Å². The Kier molecular flexibility index (Phi) is 5.46. The van der Waals surface area contributed by atoms with Gasteiger partial charge in [-0.05, 0) is 20.2 Å². The van der Waals surface area contributed by atoms with E-state index in [-0.39, 0.29) is 6.04 Å². The lowest BCUT2D eigenvalue weighted by Crippen LogP contribution is -2.25. The molecule has 0 spiro atoms. The van der Waals surface area contributed by atoms with Gasteiger partial charge in [0.15, 0.2) is 5.82 Å². The van der Waals surface area contributed by atoms with Crippen molar-refractivity contribution >= 4 is 22.6 Å². The monoisotopic (exact) mass is 430 g/mol. The third-order valence-corrected chi connectivity index (χ3v) is 5.29. The molecule has 1 N–H and O–H groups in total. The van der Waals surface area contributed by atoms with Gasteiger partial charge < -0.3 is 23.6 Å². The van der Waals surface area contributed by atoms with E-state index < -0.39 is 0 Å². The largest absolute Gasteiger partial charge is 0.480 e. The smallest absolute Gasteiger partial charge is 0.233 e. The first kappa shape index (κ1) is 20.3. The standard InChI is InChI=1S/C19H23ClN8O2/c1-26(2)13(9-29-4)17-23-18(25-24-17)16-15(28-7-6-21-10-28)14-12(27(16)3)8-11(20)19(22-14)30-5/h6-8,10,13H,9H2,1-5H3,(H,23,24,25)/t13-/m1/s1. The predicted octanol–water partition coefficient (Wildman–Crippen LogP) is 2.46. The molecule has 0 saturated heterocycles. The Morgan fingerprint density at radius 3 is 2.70 bits per heavy atom. The summed E-state index contributed by atoms with van der Waals surface area (Å²) in [6, 6.07) is 1.77. The van der Waals surface area contributed by atoms with Crippen LogP contribution < -0.4 is 4.74 Å². The lowest BCUT2D eigenvalue weighted by molar-refractivity contribution is 0.116. The molecule has 4 heterocycles. The van der Waals surface area contributed by atoms with Gasteiger partial charge in [-0.3, -0.25) is 4.90 Å². The predicted molar refractivity (Wildman–Crippen MR) is 113 cm³/mol. The fourth-order valence-corrected chi connectivity index (χ4v) is 3.72. The Labute approximate surface area is 178 Å². The Morgan fingerprint density at radius 2 is 2.07 bits per heavy atom. The van der Waals surface area contributed by atoms with Gasteiger partial charge in [0.2, 0.25) is 5.88 Å². The number of hydrogen-bond acceptors (Lipinski definition) is 7. The van der Waals surface area contributed by atoms with Gasteiger partial charge >= 0.3 is 0 Å². The minimum absolute atomic E-state index is 0.0599. The maximum Gasteiger partial charge on any atom is 0.233 e. The van der Waals surface area contributed by atoms with Crippen molar-refractivity contribution in [3.63, 3.8) is 0 Å². The number of ether oxygens (including phenoxy) is 2. The van der Waals surface area contributed by atoms with E-state index in [2.05, 4.69) is 25.1 Å². The van der Waals surface area contributed by atoms with Crippen molar-refractivity contribution in [1.82, 2.24) is 39.2 Å². The molecule has 0 saturated carbocycles. The minimum atomic E-state index is -0.0599. The summed E-state index contributed by atoms with van der Waals surface area (Å²) in [6.07, 6.45) is 5.28. The molecular weight excluding hydrogens is 408 g/mol. The lowest BCUT2D eigenvalue weighted by Gasteiger charge is -2.20. The maximum atomic E-state index is 6.35. The zero-order valence-corrected chi connectivity index (χ0v) is 18.2. The molecule has 0 amide bonds. The number of aromatic amines is 1. The fraction of sp³-hybridized carbons (Fsp3) is 0.368. The number of pyridine rings is 1. The number of imidazole rings is 1. The average molecular weight is 431 g/mol. The summed E-state index contributed by atoms with van der Waals surface area (Å²) < 4.78 is 14.5. The average Bonchev–Trinajstić information content (AvgIpc) is 3.45. The molecule has 0 unspecified atom stereocenters. The molecule has 0 bridgehead atoms. The topological polar surface area (TPSA) is 98.9 Å². The number of fused-ring (bicyclic) bond motifs is 1. The summed E-state index contributed by atoms with van der Waals surface area (Å²) in [7, 11) is 9.08. The molecular formula is C19H23ClN8O2. The second-order valence-electron chi connectivity index (χ2n) is 7.07. The van der Waals surface area contributed by atoms with Crippen molar-refractivity contribution in [3.05, 3.63) is 35.6 Å². The van der Waals surface area contributed by atoms with Crippen LogP contribution in [0.2, 0.25) is 5.02 Å². The van der Waals surface area contributed by atoms with Crippen molar-refractivity contribution in [2.24, 2.45) is 7.05 Å². The molecule has 0 aliphatic heterocycles. The van der Waals surface area contributed by atoms with Crippen LogP contribution in [0.15, 0.2) is 24.8 Å². The molecule has 158 valence electrons. The van der Waals surface area contributed by atoms with Crippen molar-refractivity contribution in [1.29, 1.82) is 0 Å². The van der Waals surface area contributed by atoms with Gasteiger partial charge in [-0.1, -0.05) is 11.6 Å². The van der Waals surface area contributed by atoms with Gasteiger partial charge in [0.05, 0.1) is 31.6 Å². The molecule has 11 heteroatoms. The highest BCUT2D eigenvalue weighted by Crippen LogP contribution is 2.37. The number of aromatic nitrogens is 7. The van der Waals surface area contributed by atoms with E-state index >= 15 is 0 Å². The number of aryl methyl sites for hydroxylation is 1. The van der Waals surface area contributed by atoms with Crippen LogP contribution >= 0.6 is 11.6 Å². The van der Waals surface area contributed by atoms with Gasteiger partial charge in [0.25, 0.3) is 0 Å². The van der Waals surface area contributed by atoms with Crippen molar-refractivity contribution in [2.45, 2.75) is 6.04 Å². The number of rotatable bonds is 7. The first-order chi connectivity index (χ1) is 14.5. The molecule has 0 fully saturated rings. The summed E-state index contributed by atoms with van der Waals surface area (Å²) in [5, 5.41) is 9.24. The number of likely N-dealkylation sites (N-methyl/N-ethyl adjacent to an activating group) is 1. The highest BCUT2D eigenvalue weighted by Gasteiger charge is 2.26. The maximum absolute atomic E-state index is 6.35. The van der Waals surface area contributed by atoms with Crippen LogP contribution in [0.25, 0.3) is 28.2 Å². The molecule has 10 nitrogen and oxygen atoms in total. The van der Waals surface area contributed by atoms with E-state index in [1.807, 2.05) is 47.4 Å². The number of nitrogens with zero attached hydrogens (tertiary/aromatic N) is 7. The van der Waals surface area contributed by atoms with Crippen molar-refractivity contribution in [2.75, 3.05) is 34.9 Å². The van der Waals surface area contributed by atoms with E-state index in [0.29, 0.717) is 34.7 Å². The summed E-state index contributed by atoms with van der Waals surface area (Å²) >= 11 is 6.35. The second kappa shape index (κ2) is 8.05. The molecule has 1 atom stereocenters. The first-order valence-corrected chi connectivity index (χ1v) is 9.63. The van der Waals surface area contributed by atoms with E-state index in [9.17, 15) is 0 Å². The summed E-state index contributed by atoms with van der Waals surface area (Å²) in [5.74, 6) is 1.67. The number of nitrogens with one attached hydrogen (secondary N) is 1. The van der Waals surface area contributed by atoms with E-state index in [1.165, 1.54) is 0 Å². The van der Waals surface area contributed by atoms with Crippen LogP contribution in [0, 0.1) is 0 Å². The lowest BCUT2D eigenvalue weighted by atomic mass is 10.2. The molecule has 4 aromatic rings. The Hall–Kier alpha value is -2.95. The molecule has 0 aliphatic rings. The zero-order chi connectivity index (χ0) is 21.4. The minimum Gasteiger partial charge on any atom is -0.480 e. The van der Waals surface area contributed by atoms with E-state index in [0.717, 1.165) is 16.9 Å². The molecule has 30 heavy (non-hydrogen) atoms. The zero-order valence-electron chi connectivity index (χ0n) is 17.4. The Balaban J connectivity index is 1.95. The van der Waals surface area contributed by atoms with Crippen molar-refractivity contribution < 1.29 is 9.47 Å². The third-order valence-electron chi connectivity index (χ3n) is 5.02. The fourth-order valence-electron chi connectivity index (χ4n) is 3.50. The number of halogens is 1. The van der Waals surface area contributed by atoms with Gasteiger partial charge in [-0.25, -0.2) is 9.97 Å². The summed E-state index contributed by atoms with van der Waals surface area (Å²) in [6.45, 7) is 0.486. The van der Waals surface area contributed by atoms with E-state index in [4.69, 9.17) is 21.1 Å². The van der Waals surface area contributed by atoms with Crippen LogP contribution in [-0.2, 0) is 11.8 Å². The number of hydrogen-bond donors (Lipinski definition) is 1. The highest BCUT2D eigenvalue weighted by atomic mass is 35.5. The second-order valence-corrected chi connectivity index (χ2v) is 7.47. The Bertz CT molecular complexity index is 1170. The van der Waals surface area contributed by atoms with Crippen LogP contribution in [0.5, 0.6) is 5.88 Å². The molecule has 0 radical (unpaired) electrons. The SMILES string of the molecule is COC[C@H](c1nnc(-c2c(-n3ccnc3)c3nc(OC)c(Cl)cc3n2C)[nH]1)N(C)C. The molecule has 4 rings (SSSR count). The van der Waals surface area contributed by atoms with Gasteiger partial charge in [0, 0.05) is 26.6 Å². The van der Waals surface area contributed by atoms with Crippen LogP contribution in [-0.4, -0.2) is 74.1 Å². The van der Waals surface area contributed by atoms with E-state index in [1.54, 1.807) is 26.7 Å². The van der Waals surface area contributed by atoms with Crippen molar-refractivity contribution in [3.8, 4) is 23.1 Å². The third kappa shape index (κ3) is 3.32. The number of H-pyrrole nitrogens is 1. The summed E-state index contributed by atoms with van der Waals surface area (Å²) in [4.78, 5) is 14.2. The van der Waals surface area contributed by atoms with Crippen LogP contribution in [0.4, 0.5) is 0 Å². The normalized spacial score (nSPS) is 12.8. The summed E-state index contributed by atoms with van der Waals surface area (Å²) in [5.41, 5.74) is 3.15.